The van der Waals surface area contributed by atoms with Crippen LogP contribution in [0, 0.1) is 27.7 Å². The van der Waals surface area contributed by atoms with Gasteiger partial charge in [0.1, 0.15) is 5.60 Å². The fourth-order valence-corrected chi connectivity index (χ4v) is 5.27. The molecule has 0 aliphatic carbocycles. The maximum atomic E-state index is 10.1. The third-order valence-electron chi connectivity index (χ3n) is 5.79. The summed E-state index contributed by atoms with van der Waals surface area (Å²) in [6, 6.07) is 8.73. The van der Waals surface area contributed by atoms with Gasteiger partial charge in [-0.3, -0.25) is 4.52 Å². The SMILES string of the molecule is Cc1cc(C)c(C(C)(OP(O)O)c2c(C)cc(C)cc2C(C)(C)C)c(C(C)(C)C)c1. The van der Waals surface area contributed by atoms with E-state index in [0.29, 0.717) is 0 Å². The second-order valence-corrected chi connectivity index (χ2v) is 11.6. The molecule has 0 unspecified atom stereocenters. The summed E-state index contributed by atoms with van der Waals surface area (Å²) in [6.45, 7) is 23.5. The van der Waals surface area contributed by atoms with Gasteiger partial charge in [0.15, 0.2) is 0 Å². The minimum atomic E-state index is -2.57. The van der Waals surface area contributed by atoms with Crippen molar-refractivity contribution < 1.29 is 14.3 Å². The Bertz CT molecular complexity index is 861. The van der Waals surface area contributed by atoms with E-state index < -0.39 is 14.2 Å². The summed E-state index contributed by atoms with van der Waals surface area (Å²) in [5.41, 5.74) is 7.68. The molecule has 2 rings (SSSR count). The van der Waals surface area contributed by atoms with Crippen LogP contribution >= 0.6 is 8.60 Å². The molecule has 2 aromatic carbocycles. The molecule has 166 valence electrons. The van der Waals surface area contributed by atoms with E-state index in [-0.39, 0.29) is 10.8 Å². The highest BCUT2D eigenvalue weighted by molar-refractivity contribution is 7.39. The highest BCUT2D eigenvalue weighted by atomic mass is 31.2. The van der Waals surface area contributed by atoms with Gasteiger partial charge in [-0.2, -0.15) is 0 Å². The van der Waals surface area contributed by atoms with Crippen molar-refractivity contribution >= 4 is 8.60 Å². The molecular formula is C26H39O3P. The molecule has 0 bridgehead atoms. The molecule has 2 aromatic rings. The zero-order valence-corrected chi connectivity index (χ0v) is 21.5. The number of benzene rings is 2. The third-order valence-corrected chi connectivity index (χ3v) is 6.32. The molecule has 0 fully saturated rings. The average Bonchev–Trinajstić information content (AvgIpc) is 2.50. The Morgan fingerprint density at radius 2 is 0.967 bits per heavy atom. The first-order valence-corrected chi connectivity index (χ1v) is 11.8. The molecule has 0 spiro atoms. The molecule has 2 N–H and O–H groups in total. The van der Waals surface area contributed by atoms with Crippen molar-refractivity contribution in [3.8, 4) is 0 Å². The van der Waals surface area contributed by atoms with Crippen molar-refractivity contribution in [2.75, 3.05) is 0 Å². The molecule has 0 heterocycles. The number of aryl methyl sites for hydroxylation is 4. The second kappa shape index (κ2) is 8.36. The lowest BCUT2D eigenvalue weighted by Crippen LogP contribution is -2.35. The molecule has 0 radical (unpaired) electrons. The lowest BCUT2D eigenvalue weighted by atomic mass is 9.69. The number of rotatable bonds is 4. The molecule has 0 aliphatic heterocycles. The van der Waals surface area contributed by atoms with Gasteiger partial charge < -0.3 is 9.79 Å². The van der Waals surface area contributed by atoms with Crippen molar-refractivity contribution in [3.05, 3.63) is 68.8 Å². The molecule has 3 nitrogen and oxygen atoms in total. The van der Waals surface area contributed by atoms with Crippen molar-refractivity contribution in [1.82, 2.24) is 0 Å². The van der Waals surface area contributed by atoms with Crippen LogP contribution in [0.4, 0.5) is 0 Å². The largest absolute Gasteiger partial charge is 0.328 e. The minimum Gasteiger partial charge on any atom is -0.328 e. The van der Waals surface area contributed by atoms with Crippen LogP contribution in [0.3, 0.4) is 0 Å². The summed E-state index contributed by atoms with van der Waals surface area (Å²) < 4.78 is 6.10. The molecule has 0 aromatic heterocycles. The first kappa shape index (κ1) is 25.0. The van der Waals surface area contributed by atoms with E-state index in [1.165, 1.54) is 22.3 Å². The highest BCUT2D eigenvalue weighted by Crippen LogP contribution is 2.51. The second-order valence-electron chi connectivity index (χ2n) is 10.9. The summed E-state index contributed by atoms with van der Waals surface area (Å²) in [4.78, 5) is 20.2. The quantitative estimate of drug-likeness (QED) is 0.513. The van der Waals surface area contributed by atoms with Gasteiger partial charge in [-0.1, -0.05) is 76.9 Å². The van der Waals surface area contributed by atoms with Crippen LogP contribution in [0.5, 0.6) is 0 Å². The van der Waals surface area contributed by atoms with E-state index in [2.05, 4.69) is 93.5 Å². The molecule has 0 atom stereocenters. The summed E-state index contributed by atoms with van der Waals surface area (Å²) in [5, 5.41) is 0. The van der Waals surface area contributed by atoms with Crippen molar-refractivity contribution in [2.24, 2.45) is 0 Å². The molecule has 0 saturated heterocycles. The summed E-state index contributed by atoms with van der Waals surface area (Å²) >= 11 is 0. The van der Waals surface area contributed by atoms with Crippen LogP contribution in [-0.2, 0) is 21.0 Å². The van der Waals surface area contributed by atoms with Gasteiger partial charge in [0.25, 0.3) is 0 Å². The van der Waals surface area contributed by atoms with Gasteiger partial charge in [0.05, 0.1) is 0 Å². The number of hydrogen-bond donors (Lipinski definition) is 2. The van der Waals surface area contributed by atoms with Crippen LogP contribution in [0.2, 0.25) is 0 Å². The Morgan fingerprint density at radius 1 is 0.633 bits per heavy atom. The van der Waals surface area contributed by atoms with Gasteiger partial charge in [0, 0.05) is 0 Å². The lowest BCUT2D eigenvalue weighted by Gasteiger charge is -2.41. The van der Waals surface area contributed by atoms with Crippen molar-refractivity contribution in [3.63, 3.8) is 0 Å². The van der Waals surface area contributed by atoms with E-state index in [0.717, 1.165) is 22.3 Å². The smallest absolute Gasteiger partial charge is 0.328 e. The van der Waals surface area contributed by atoms with E-state index in [4.69, 9.17) is 4.52 Å². The van der Waals surface area contributed by atoms with E-state index >= 15 is 0 Å². The Kier molecular flexibility index (Phi) is 6.97. The summed E-state index contributed by atoms with van der Waals surface area (Å²) in [5.74, 6) is 0. The van der Waals surface area contributed by atoms with E-state index in [9.17, 15) is 9.79 Å². The van der Waals surface area contributed by atoms with Gasteiger partial charge in [0.2, 0.25) is 0 Å². The number of hydrogen-bond acceptors (Lipinski definition) is 3. The molecule has 0 aliphatic rings. The minimum absolute atomic E-state index is 0.134. The average molecular weight is 431 g/mol. The van der Waals surface area contributed by atoms with Crippen molar-refractivity contribution in [1.29, 1.82) is 0 Å². The molecule has 4 heteroatoms. The first-order chi connectivity index (χ1) is 13.5. The van der Waals surface area contributed by atoms with E-state index in [1.807, 2.05) is 6.92 Å². The highest BCUT2D eigenvalue weighted by Gasteiger charge is 2.42. The summed E-state index contributed by atoms with van der Waals surface area (Å²) in [7, 11) is -2.57. The maximum absolute atomic E-state index is 10.1. The van der Waals surface area contributed by atoms with Crippen LogP contribution in [0.15, 0.2) is 24.3 Å². The van der Waals surface area contributed by atoms with Gasteiger partial charge in [-0.05, 0) is 78.8 Å². The topological polar surface area (TPSA) is 49.7 Å². The fraction of sp³-hybridized carbons (Fsp3) is 0.538. The standard InChI is InChI=1S/C26H39O3P/c1-16-12-18(3)22(20(14-16)24(5,6)7)26(11,29-30(27)28)23-19(4)13-17(2)15-21(23)25(8,9)10/h12-15,27-28H,1-11H3. The van der Waals surface area contributed by atoms with Crippen LogP contribution in [0.25, 0.3) is 0 Å². The van der Waals surface area contributed by atoms with Gasteiger partial charge in [-0.25, -0.2) is 0 Å². The monoisotopic (exact) mass is 430 g/mol. The molecular weight excluding hydrogens is 391 g/mol. The lowest BCUT2D eigenvalue weighted by molar-refractivity contribution is 0.105. The Hall–Kier alpha value is -1.25. The summed E-state index contributed by atoms with van der Waals surface area (Å²) in [6.07, 6.45) is 0. The maximum Gasteiger partial charge on any atom is 0.328 e. The molecule has 0 saturated carbocycles. The third kappa shape index (κ3) is 4.97. The van der Waals surface area contributed by atoms with Crippen LogP contribution < -0.4 is 0 Å². The first-order valence-electron chi connectivity index (χ1n) is 10.6. The zero-order valence-electron chi connectivity index (χ0n) is 20.6. The predicted octanol–water partition coefficient (Wildman–Crippen LogP) is 7.01. The Morgan fingerprint density at radius 3 is 1.23 bits per heavy atom. The Labute approximate surface area is 184 Å². The van der Waals surface area contributed by atoms with Gasteiger partial charge >= 0.3 is 8.60 Å². The zero-order chi connectivity index (χ0) is 23.2. The van der Waals surface area contributed by atoms with Crippen LogP contribution in [0.1, 0.15) is 93.0 Å². The van der Waals surface area contributed by atoms with E-state index in [1.54, 1.807) is 0 Å². The fourth-order valence-electron chi connectivity index (χ4n) is 4.76. The van der Waals surface area contributed by atoms with Crippen molar-refractivity contribution in [2.45, 2.75) is 92.6 Å². The Balaban J connectivity index is 3.07. The normalized spacial score (nSPS) is 13.3. The van der Waals surface area contributed by atoms with Gasteiger partial charge in [-0.15, -0.1) is 0 Å². The molecule has 30 heavy (non-hydrogen) atoms. The molecule has 0 amide bonds. The van der Waals surface area contributed by atoms with Crippen LogP contribution in [-0.4, -0.2) is 9.79 Å². The predicted molar refractivity (Wildman–Crippen MR) is 128 cm³/mol.